The van der Waals surface area contributed by atoms with Gasteiger partial charge in [-0.2, -0.15) is 0 Å². The minimum atomic E-state index is -0.322. The van der Waals surface area contributed by atoms with Crippen LogP contribution in [0.1, 0.15) is 13.8 Å². The van der Waals surface area contributed by atoms with Crippen molar-refractivity contribution in [2.45, 2.75) is 19.9 Å². The van der Waals surface area contributed by atoms with Gasteiger partial charge in [-0.15, -0.1) is 0 Å². The van der Waals surface area contributed by atoms with Crippen LogP contribution in [0.2, 0.25) is 0 Å². The topological polar surface area (TPSA) is 38.3 Å². The van der Waals surface area contributed by atoms with Gasteiger partial charge in [-0.05, 0) is 5.92 Å². The number of rotatable bonds is 4. The minimum Gasteiger partial charge on any atom is -0.467 e. The van der Waals surface area contributed by atoms with Crippen molar-refractivity contribution >= 4 is 23.7 Å². The smallest absolute Gasteiger partial charge is 0.328 e. The quantitative estimate of drug-likeness (QED) is 0.505. The number of methoxy groups -OCH3 is 1. The van der Waals surface area contributed by atoms with Crippen molar-refractivity contribution in [3.63, 3.8) is 0 Å². The fourth-order valence-electron chi connectivity index (χ4n) is 0.733. The maximum absolute atomic E-state index is 11.0. The Morgan fingerprint density at radius 3 is 2.45 bits per heavy atom. The van der Waals surface area contributed by atoms with Crippen LogP contribution < -0.4 is 5.32 Å². The molecule has 0 aliphatic heterocycles. The molecule has 0 unspecified atom stereocenters. The zero-order chi connectivity index (χ0) is 8.85. The number of carbonyl (C=O) groups is 1. The van der Waals surface area contributed by atoms with E-state index in [4.69, 9.17) is 0 Å². The summed E-state index contributed by atoms with van der Waals surface area (Å²) in [6.45, 7) is 3.85. The lowest BCUT2D eigenvalue weighted by Gasteiger charge is -2.17. The van der Waals surface area contributed by atoms with Gasteiger partial charge in [0, 0.05) is 0 Å². The Labute approximate surface area is 72.1 Å². The van der Waals surface area contributed by atoms with Gasteiger partial charge < -0.3 is 10.1 Å². The van der Waals surface area contributed by atoms with Crippen molar-refractivity contribution in [1.29, 1.82) is 0 Å². The van der Waals surface area contributed by atoms with Gasteiger partial charge in [0.2, 0.25) is 0 Å². The molecule has 4 heteroatoms. The minimum absolute atomic E-state index is 0.182. The molecule has 0 amide bonds. The Bertz CT molecular complexity index is 147. The number of ether oxygens (including phenoxy) is 1. The molecule has 0 heterocycles. The molecular formula is C7H13NO2S. The number of hydrogen-bond donors (Lipinski definition) is 1. The maximum Gasteiger partial charge on any atom is 0.328 e. The third-order valence-corrected chi connectivity index (χ3v) is 1.51. The molecule has 0 bridgehead atoms. The highest BCUT2D eigenvalue weighted by atomic mass is 32.1. The van der Waals surface area contributed by atoms with Crippen LogP contribution >= 0.6 is 12.2 Å². The summed E-state index contributed by atoms with van der Waals surface area (Å²) >= 11 is 4.57. The second-order valence-corrected chi connectivity index (χ2v) is 2.77. The second-order valence-electron chi connectivity index (χ2n) is 2.53. The van der Waals surface area contributed by atoms with Crippen LogP contribution in [0.4, 0.5) is 0 Å². The summed E-state index contributed by atoms with van der Waals surface area (Å²) in [6.07, 6.45) is 0. The van der Waals surface area contributed by atoms with Crippen LogP contribution in [0.15, 0.2) is 0 Å². The Morgan fingerprint density at radius 1 is 1.64 bits per heavy atom. The van der Waals surface area contributed by atoms with Crippen LogP contribution in [-0.4, -0.2) is 24.6 Å². The van der Waals surface area contributed by atoms with Crippen molar-refractivity contribution in [3.8, 4) is 0 Å². The van der Waals surface area contributed by atoms with Crippen molar-refractivity contribution in [2.75, 3.05) is 7.11 Å². The van der Waals surface area contributed by atoms with Crippen molar-refractivity contribution in [3.05, 3.63) is 0 Å². The van der Waals surface area contributed by atoms with Gasteiger partial charge in [-0.1, -0.05) is 26.1 Å². The molecule has 0 aromatic heterocycles. The monoisotopic (exact) mass is 175 g/mol. The number of thiocarbonyl (C=S) groups is 1. The highest BCUT2D eigenvalue weighted by molar-refractivity contribution is 7.78. The molecule has 0 spiro atoms. The number of carbonyl (C=O) groups excluding carboxylic acids is 1. The molecule has 0 aromatic rings. The Hall–Kier alpha value is -0.640. The predicted molar refractivity (Wildman–Crippen MR) is 47.4 cm³/mol. The summed E-state index contributed by atoms with van der Waals surface area (Å²) in [4.78, 5) is 11.0. The number of esters is 1. The first-order valence-corrected chi connectivity index (χ1v) is 3.88. The van der Waals surface area contributed by atoms with Crippen molar-refractivity contribution in [2.24, 2.45) is 5.92 Å². The van der Waals surface area contributed by atoms with E-state index in [0.29, 0.717) is 0 Å². The first-order chi connectivity index (χ1) is 5.13. The van der Waals surface area contributed by atoms with Gasteiger partial charge in [0.25, 0.3) is 0 Å². The maximum atomic E-state index is 11.0. The Morgan fingerprint density at radius 2 is 2.18 bits per heavy atom. The highest BCUT2D eigenvalue weighted by Crippen LogP contribution is 2.01. The first kappa shape index (κ1) is 10.4. The molecule has 0 aromatic carbocycles. The van der Waals surface area contributed by atoms with Crippen LogP contribution in [0.3, 0.4) is 0 Å². The highest BCUT2D eigenvalue weighted by Gasteiger charge is 2.20. The molecule has 0 rings (SSSR count). The lowest BCUT2D eigenvalue weighted by atomic mass is 10.1. The zero-order valence-corrected chi connectivity index (χ0v) is 7.77. The first-order valence-electron chi connectivity index (χ1n) is 3.41. The van der Waals surface area contributed by atoms with Crippen molar-refractivity contribution in [1.82, 2.24) is 5.32 Å². The molecule has 0 aliphatic rings. The number of hydrogen-bond acceptors (Lipinski definition) is 3. The van der Waals surface area contributed by atoms with E-state index in [1.54, 1.807) is 0 Å². The molecule has 1 atom stereocenters. The average molecular weight is 175 g/mol. The van der Waals surface area contributed by atoms with E-state index in [0.717, 1.165) is 0 Å². The molecule has 0 fully saturated rings. The molecule has 0 saturated carbocycles. The molecule has 11 heavy (non-hydrogen) atoms. The summed E-state index contributed by atoms with van der Waals surface area (Å²) in [5.74, 6) is -0.0947. The van der Waals surface area contributed by atoms with Gasteiger partial charge in [-0.25, -0.2) is 4.79 Å². The lowest BCUT2D eigenvalue weighted by Crippen LogP contribution is -2.40. The van der Waals surface area contributed by atoms with E-state index in [-0.39, 0.29) is 17.9 Å². The van der Waals surface area contributed by atoms with Gasteiger partial charge in [0.15, 0.2) is 0 Å². The largest absolute Gasteiger partial charge is 0.467 e. The summed E-state index contributed by atoms with van der Waals surface area (Å²) in [5.41, 5.74) is 1.33. The van der Waals surface area contributed by atoms with E-state index in [9.17, 15) is 4.79 Å². The SMILES string of the molecule is COC(=O)[C@@H](NC=S)C(C)C. The molecule has 0 aliphatic carbocycles. The predicted octanol–water partition coefficient (Wildman–Crippen LogP) is 0.731. The Balaban J connectivity index is 4.08. The fraction of sp³-hybridized carbons (Fsp3) is 0.714. The fourth-order valence-corrected chi connectivity index (χ4v) is 0.880. The summed E-state index contributed by atoms with van der Waals surface area (Å²) in [5, 5.41) is 2.75. The van der Waals surface area contributed by atoms with E-state index < -0.39 is 0 Å². The molecule has 1 N–H and O–H groups in total. The second kappa shape index (κ2) is 5.07. The zero-order valence-electron chi connectivity index (χ0n) is 6.96. The molecule has 3 nitrogen and oxygen atoms in total. The van der Waals surface area contributed by atoms with Gasteiger partial charge >= 0.3 is 5.97 Å². The summed E-state index contributed by atoms with van der Waals surface area (Å²) in [6, 6.07) is -0.322. The van der Waals surface area contributed by atoms with E-state index in [2.05, 4.69) is 22.3 Å². The van der Waals surface area contributed by atoms with Crippen LogP contribution in [0, 0.1) is 5.92 Å². The standard InChI is InChI=1S/C7H13NO2S/c1-5(2)6(8-4-11)7(9)10-3/h4-6H,1-3H3,(H,8,11)/t6-/m0/s1. The van der Waals surface area contributed by atoms with Gasteiger partial charge in [0.05, 0.1) is 12.6 Å². The van der Waals surface area contributed by atoms with Crippen LogP contribution in [0.5, 0.6) is 0 Å². The lowest BCUT2D eigenvalue weighted by molar-refractivity contribution is -0.143. The molecule has 0 radical (unpaired) electrons. The molecular weight excluding hydrogens is 162 g/mol. The van der Waals surface area contributed by atoms with E-state index in [1.807, 2.05) is 13.8 Å². The summed E-state index contributed by atoms with van der Waals surface area (Å²) in [7, 11) is 1.36. The van der Waals surface area contributed by atoms with E-state index in [1.165, 1.54) is 12.6 Å². The number of nitrogens with one attached hydrogen (secondary N) is 1. The van der Waals surface area contributed by atoms with Gasteiger partial charge in [0.1, 0.15) is 6.04 Å². The summed E-state index contributed by atoms with van der Waals surface area (Å²) < 4.78 is 4.56. The molecule has 0 saturated heterocycles. The van der Waals surface area contributed by atoms with Crippen LogP contribution in [-0.2, 0) is 9.53 Å². The van der Waals surface area contributed by atoms with Crippen LogP contribution in [0.25, 0.3) is 0 Å². The normalized spacial score (nSPS) is 12.4. The third-order valence-electron chi connectivity index (χ3n) is 1.37. The molecule has 64 valence electrons. The Kier molecular flexibility index (Phi) is 4.77. The van der Waals surface area contributed by atoms with E-state index >= 15 is 0 Å². The van der Waals surface area contributed by atoms with Gasteiger partial charge in [-0.3, -0.25) is 0 Å². The van der Waals surface area contributed by atoms with Crippen molar-refractivity contribution < 1.29 is 9.53 Å². The third kappa shape index (κ3) is 3.32. The average Bonchev–Trinajstić information content (AvgIpc) is 1.98.